The van der Waals surface area contributed by atoms with Crippen molar-refractivity contribution in [2.75, 3.05) is 12.0 Å². The fraction of sp³-hybridized carbons (Fsp3) is 0.917. The van der Waals surface area contributed by atoms with Crippen LogP contribution in [0.4, 0.5) is 0 Å². The number of Topliss-reactive ketones (excluding diaryl/α,β-unsaturated/α-hetero) is 1. The van der Waals surface area contributed by atoms with Gasteiger partial charge in [0.15, 0.2) is 0 Å². The highest BCUT2D eigenvalue weighted by molar-refractivity contribution is 7.98. The molecule has 0 aromatic heterocycles. The van der Waals surface area contributed by atoms with Gasteiger partial charge >= 0.3 is 0 Å². The van der Waals surface area contributed by atoms with Crippen LogP contribution in [0.25, 0.3) is 0 Å². The van der Waals surface area contributed by atoms with Crippen molar-refractivity contribution in [3.05, 3.63) is 0 Å². The van der Waals surface area contributed by atoms with E-state index in [1.165, 1.54) is 0 Å². The Kier molecular flexibility index (Phi) is 7.28. The van der Waals surface area contributed by atoms with E-state index in [9.17, 15) is 4.79 Å². The molecule has 0 aromatic carbocycles. The summed E-state index contributed by atoms with van der Waals surface area (Å²) in [4.78, 5) is 14.0. The first-order valence-corrected chi connectivity index (χ1v) is 7.08. The average Bonchev–Trinajstić information content (AvgIpc) is 2.09. The lowest BCUT2D eigenvalue weighted by Gasteiger charge is -2.36. The molecule has 2 nitrogen and oxygen atoms in total. The van der Waals surface area contributed by atoms with Gasteiger partial charge in [-0.3, -0.25) is 9.69 Å². The molecule has 0 amide bonds. The van der Waals surface area contributed by atoms with Crippen LogP contribution in [0.1, 0.15) is 41.0 Å². The zero-order valence-electron chi connectivity index (χ0n) is 10.9. The Bertz CT molecular complexity index is 184. The lowest BCUT2D eigenvalue weighted by molar-refractivity contribution is -0.123. The SMILES string of the molecule is CSCCC(C(C)=O)N(C(C)C)C(C)C. The van der Waals surface area contributed by atoms with Crippen LogP contribution >= 0.6 is 11.8 Å². The van der Waals surface area contributed by atoms with E-state index in [1.807, 2.05) is 11.8 Å². The third-order valence-corrected chi connectivity index (χ3v) is 3.26. The van der Waals surface area contributed by atoms with Gasteiger partial charge in [-0.1, -0.05) is 0 Å². The van der Waals surface area contributed by atoms with E-state index in [0.717, 1.165) is 12.2 Å². The summed E-state index contributed by atoms with van der Waals surface area (Å²) in [7, 11) is 0. The number of hydrogen-bond donors (Lipinski definition) is 0. The van der Waals surface area contributed by atoms with Gasteiger partial charge in [-0.15, -0.1) is 0 Å². The van der Waals surface area contributed by atoms with E-state index < -0.39 is 0 Å². The van der Waals surface area contributed by atoms with Gasteiger partial charge in [0.2, 0.25) is 0 Å². The highest BCUT2D eigenvalue weighted by Crippen LogP contribution is 2.16. The fourth-order valence-corrected chi connectivity index (χ4v) is 2.57. The normalized spacial score (nSPS) is 13.9. The van der Waals surface area contributed by atoms with Crippen LogP contribution in [0, 0.1) is 0 Å². The minimum atomic E-state index is 0.0949. The molecule has 3 heteroatoms. The summed E-state index contributed by atoms with van der Waals surface area (Å²) >= 11 is 1.81. The Balaban J connectivity index is 4.60. The van der Waals surface area contributed by atoms with Gasteiger partial charge in [0.05, 0.1) is 6.04 Å². The summed E-state index contributed by atoms with van der Waals surface area (Å²) in [5, 5.41) is 0. The molecule has 0 bridgehead atoms. The number of ketones is 1. The molecule has 1 atom stereocenters. The molecule has 0 radical (unpaired) electrons. The molecule has 0 aliphatic heterocycles. The molecule has 0 heterocycles. The Morgan fingerprint density at radius 3 is 1.93 bits per heavy atom. The summed E-state index contributed by atoms with van der Waals surface area (Å²) in [6.45, 7) is 10.4. The molecule has 90 valence electrons. The van der Waals surface area contributed by atoms with Gasteiger partial charge in [-0.25, -0.2) is 0 Å². The van der Waals surface area contributed by atoms with Crippen LogP contribution < -0.4 is 0 Å². The zero-order chi connectivity index (χ0) is 12.0. The third-order valence-electron chi connectivity index (χ3n) is 2.62. The second-order valence-electron chi connectivity index (χ2n) is 4.54. The predicted molar refractivity (Wildman–Crippen MR) is 69.6 cm³/mol. The van der Waals surface area contributed by atoms with Crippen molar-refractivity contribution in [1.82, 2.24) is 4.90 Å². The lowest BCUT2D eigenvalue weighted by Crippen LogP contribution is -2.48. The number of hydrogen-bond acceptors (Lipinski definition) is 3. The molecule has 0 saturated heterocycles. The topological polar surface area (TPSA) is 20.3 Å². The molecule has 0 aliphatic carbocycles. The molecular weight excluding hydrogens is 206 g/mol. The van der Waals surface area contributed by atoms with Crippen molar-refractivity contribution < 1.29 is 4.79 Å². The highest BCUT2D eigenvalue weighted by atomic mass is 32.2. The first-order chi connectivity index (χ1) is 6.91. The van der Waals surface area contributed by atoms with Gasteiger partial charge in [-0.2, -0.15) is 11.8 Å². The smallest absolute Gasteiger partial charge is 0.146 e. The largest absolute Gasteiger partial charge is 0.298 e. The first-order valence-electron chi connectivity index (χ1n) is 5.68. The van der Waals surface area contributed by atoms with Crippen LogP contribution in [0.3, 0.4) is 0 Å². The second kappa shape index (κ2) is 7.29. The van der Waals surface area contributed by atoms with Gasteiger partial charge < -0.3 is 0 Å². The van der Waals surface area contributed by atoms with Crippen LogP contribution in [0.5, 0.6) is 0 Å². The monoisotopic (exact) mass is 231 g/mol. The minimum Gasteiger partial charge on any atom is -0.298 e. The van der Waals surface area contributed by atoms with Crippen LogP contribution in [0.2, 0.25) is 0 Å². The van der Waals surface area contributed by atoms with Crippen LogP contribution in [-0.4, -0.2) is 40.8 Å². The van der Waals surface area contributed by atoms with Crippen molar-refractivity contribution in [2.45, 2.75) is 59.2 Å². The van der Waals surface area contributed by atoms with Crippen molar-refractivity contribution in [3.8, 4) is 0 Å². The maximum absolute atomic E-state index is 11.6. The Labute approximate surface area is 98.8 Å². The van der Waals surface area contributed by atoms with Crippen LogP contribution in [0.15, 0.2) is 0 Å². The van der Waals surface area contributed by atoms with E-state index in [0.29, 0.717) is 17.9 Å². The molecule has 0 aliphatic rings. The summed E-state index contributed by atoms with van der Waals surface area (Å²) in [5.41, 5.74) is 0. The van der Waals surface area contributed by atoms with E-state index in [1.54, 1.807) is 6.92 Å². The van der Waals surface area contributed by atoms with E-state index >= 15 is 0 Å². The van der Waals surface area contributed by atoms with E-state index in [-0.39, 0.29) is 6.04 Å². The van der Waals surface area contributed by atoms with Gasteiger partial charge in [0.1, 0.15) is 5.78 Å². The predicted octanol–water partition coefficient (Wildman–Crippen LogP) is 2.82. The summed E-state index contributed by atoms with van der Waals surface area (Å²) in [5.74, 6) is 1.35. The van der Waals surface area contributed by atoms with Crippen molar-refractivity contribution in [2.24, 2.45) is 0 Å². The maximum atomic E-state index is 11.6. The van der Waals surface area contributed by atoms with Gasteiger partial charge in [0, 0.05) is 12.1 Å². The Morgan fingerprint density at radius 2 is 1.67 bits per heavy atom. The number of nitrogens with zero attached hydrogens (tertiary/aromatic N) is 1. The lowest BCUT2D eigenvalue weighted by atomic mass is 10.0. The standard InChI is InChI=1S/C12H25NOS/c1-9(2)13(10(3)4)12(11(5)14)7-8-15-6/h9-10,12H,7-8H2,1-6H3. The zero-order valence-corrected chi connectivity index (χ0v) is 11.7. The quantitative estimate of drug-likeness (QED) is 0.672. The molecule has 0 aromatic rings. The number of rotatable bonds is 7. The highest BCUT2D eigenvalue weighted by Gasteiger charge is 2.26. The Morgan fingerprint density at radius 1 is 1.20 bits per heavy atom. The summed E-state index contributed by atoms with van der Waals surface area (Å²) < 4.78 is 0. The summed E-state index contributed by atoms with van der Waals surface area (Å²) in [6, 6.07) is 0.957. The van der Waals surface area contributed by atoms with Gasteiger partial charge in [-0.05, 0) is 53.0 Å². The molecule has 0 spiro atoms. The Hall–Kier alpha value is -0.0200. The van der Waals surface area contributed by atoms with E-state index in [4.69, 9.17) is 0 Å². The molecule has 0 rings (SSSR count). The number of carbonyl (C=O) groups excluding carboxylic acids is 1. The number of carbonyl (C=O) groups is 1. The van der Waals surface area contributed by atoms with Gasteiger partial charge in [0.25, 0.3) is 0 Å². The molecule has 0 saturated carbocycles. The van der Waals surface area contributed by atoms with Crippen molar-refractivity contribution in [3.63, 3.8) is 0 Å². The second-order valence-corrected chi connectivity index (χ2v) is 5.53. The van der Waals surface area contributed by atoms with Crippen molar-refractivity contribution >= 4 is 17.5 Å². The summed E-state index contributed by atoms with van der Waals surface area (Å²) in [6.07, 6.45) is 3.05. The first kappa shape index (κ1) is 15.0. The molecule has 15 heavy (non-hydrogen) atoms. The minimum absolute atomic E-state index is 0.0949. The molecular formula is C12H25NOS. The average molecular weight is 231 g/mol. The fourth-order valence-electron chi connectivity index (χ4n) is 2.11. The van der Waals surface area contributed by atoms with Crippen molar-refractivity contribution in [1.29, 1.82) is 0 Å². The molecule has 0 fully saturated rings. The molecule has 0 N–H and O–H groups in total. The number of thioether (sulfide) groups is 1. The van der Waals surface area contributed by atoms with E-state index in [2.05, 4.69) is 38.9 Å². The molecule has 1 unspecified atom stereocenters. The van der Waals surface area contributed by atoms with Crippen LogP contribution in [-0.2, 0) is 4.79 Å². The third kappa shape index (κ3) is 5.03. The maximum Gasteiger partial charge on any atom is 0.146 e.